The number of hydrogen-bond donors (Lipinski definition) is 2. The topological polar surface area (TPSA) is 43.7 Å². The van der Waals surface area contributed by atoms with E-state index in [0.717, 1.165) is 13.1 Å². The molecule has 0 aliphatic rings. The van der Waals surface area contributed by atoms with Crippen LogP contribution in [0.4, 0.5) is 0 Å². The second-order valence-electron chi connectivity index (χ2n) is 4.98. The van der Waals surface area contributed by atoms with Crippen molar-refractivity contribution in [1.29, 1.82) is 0 Å². The average Bonchev–Trinajstić information content (AvgIpc) is 2.49. The fraction of sp³-hybridized carbons (Fsp3) is 0.294. The highest BCUT2D eigenvalue weighted by Gasteiger charge is 2.12. The molecule has 106 valence electrons. The molecule has 3 heteroatoms. The first kappa shape index (κ1) is 14.7. The van der Waals surface area contributed by atoms with E-state index < -0.39 is 6.10 Å². The van der Waals surface area contributed by atoms with Crippen LogP contribution in [-0.2, 0) is 13.1 Å². The van der Waals surface area contributed by atoms with Gasteiger partial charge in [0.25, 0.3) is 0 Å². The fourth-order valence-electron chi connectivity index (χ4n) is 2.22. The van der Waals surface area contributed by atoms with Gasteiger partial charge in [0.05, 0.1) is 12.7 Å². The molecule has 0 saturated carbocycles. The highest BCUT2D eigenvalue weighted by atomic mass is 16.3. The molecule has 0 bridgehead atoms. The number of aliphatic hydroxyl groups is 2. The molecule has 0 spiro atoms. The van der Waals surface area contributed by atoms with Crippen molar-refractivity contribution in [1.82, 2.24) is 4.90 Å². The summed E-state index contributed by atoms with van der Waals surface area (Å²) >= 11 is 0. The maximum Gasteiger partial charge on any atom is 0.0897 e. The first-order valence-electron chi connectivity index (χ1n) is 6.87. The van der Waals surface area contributed by atoms with Crippen molar-refractivity contribution in [3.63, 3.8) is 0 Å². The van der Waals surface area contributed by atoms with Crippen LogP contribution in [0.3, 0.4) is 0 Å². The lowest BCUT2D eigenvalue weighted by Crippen LogP contribution is -2.33. The van der Waals surface area contributed by atoms with Gasteiger partial charge in [0, 0.05) is 19.6 Å². The van der Waals surface area contributed by atoms with Crippen molar-refractivity contribution >= 4 is 0 Å². The smallest absolute Gasteiger partial charge is 0.0897 e. The van der Waals surface area contributed by atoms with Gasteiger partial charge in [0.1, 0.15) is 0 Å². The monoisotopic (exact) mass is 271 g/mol. The molecule has 0 amide bonds. The van der Waals surface area contributed by atoms with E-state index in [-0.39, 0.29) is 6.61 Å². The molecule has 0 radical (unpaired) electrons. The molecule has 0 unspecified atom stereocenters. The molecule has 0 aliphatic carbocycles. The molecule has 0 saturated heterocycles. The summed E-state index contributed by atoms with van der Waals surface area (Å²) in [6.45, 7) is 1.76. The van der Waals surface area contributed by atoms with Crippen LogP contribution in [0.2, 0.25) is 0 Å². The summed E-state index contributed by atoms with van der Waals surface area (Å²) in [6.07, 6.45) is -0.706. The van der Waals surface area contributed by atoms with E-state index in [1.807, 2.05) is 36.4 Å². The van der Waals surface area contributed by atoms with E-state index >= 15 is 0 Å². The van der Waals surface area contributed by atoms with Crippen molar-refractivity contribution in [3.05, 3.63) is 71.8 Å². The normalized spacial score (nSPS) is 12.6. The third kappa shape index (κ3) is 4.78. The van der Waals surface area contributed by atoms with Crippen LogP contribution in [-0.4, -0.2) is 34.4 Å². The zero-order valence-electron chi connectivity index (χ0n) is 11.5. The summed E-state index contributed by atoms with van der Waals surface area (Å²) in [7, 11) is 0. The zero-order chi connectivity index (χ0) is 14.2. The van der Waals surface area contributed by atoms with Crippen molar-refractivity contribution in [2.24, 2.45) is 0 Å². The lowest BCUT2D eigenvalue weighted by molar-refractivity contribution is 0.0542. The summed E-state index contributed by atoms with van der Waals surface area (Å²) in [4.78, 5) is 2.14. The van der Waals surface area contributed by atoms with Crippen LogP contribution >= 0.6 is 0 Å². The number of aliphatic hydroxyl groups excluding tert-OH is 2. The average molecular weight is 271 g/mol. The molecule has 2 rings (SSSR count). The Hall–Kier alpha value is -1.68. The molecule has 0 heterocycles. The standard InChI is InChI=1S/C17H21NO2/c19-14-17(20)13-18(11-15-7-3-1-4-8-15)12-16-9-5-2-6-10-16/h1-10,17,19-20H,11-14H2/t17-/m1/s1. The van der Waals surface area contributed by atoms with Gasteiger partial charge in [-0.25, -0.2) is 0 Å². The van der Waals surface area contributed by atoms with Gasteiger partial charge < -0.3 is 10.2 Å². The first-order chi connectivity index (χ1) is 9.78. The Balaban J connectivity index is 2.04. The number of hydrogen-bond acceptors (Lipinski definition) is 3. The minimum Gasteiger partial charge on any atom is -0.394 e. The molecular weight excluding hydrogens is 250 g/mol. The Morgan fingerprint density at radius 3 is 1.65 bits per heavy atom. The summed E-state index contributed by atoms with van der Waals surface area (Å²) in [5.41, 5.74) is 2.40. The third-order valence-electron chi connectivity index (χ3n) is 3.18. The van der Waals surface area contributed by atoms with Gasteiger partial charge in [-0.15, -0.1) is 0 Å². The summed E-state index contributed by atoms with van der Waals surface area (Å²) in [6, 6.07) is 20.3. The molecule has 0 aliphatic heterocycles. The summed E-state index contributed by atoms with van der Waals surface area (Å²) < 4.78 is 0. The van der Waals surface area contributed by atoms with Gasteiger partial charge in [0.15, 0.2) is 0 Å². The first-order valence-corrected chi connectivity index (χ1v) is 6.87. The number of rotatable bonds is 7. The summed E-state index contributed by atoms with van der Waals surface area (Å²) in [5.74, 6) is 0. The van der Waals surface area contributed by atoms with Crippen LogP contribution in [0.5, 0.6) is 0 Å². The van der Waals surface area contributed by atoms with Gasteiger partial charge in [-0.05, 0) is 11.1 Å². The Labute approximate surface area is 120 Å². The predicted molar refractivity (Wildman–Crippen MR) is 80.1 cm³/mol. The maximum atomic E-state index is 9.69. The number of nitrogens with zero attached hydrogens (tertiary/aromatic N) is 1. The van der Waals surface area contributed by atoms with Crippen molar-refractivity contribution in [3.8, 4) is 0 Å². The van der Waals surface area contributed by atoms with E-state index in [0.29, 0.717) is 6.54 Å². The Morgan fingerprint density at radius 2 is 1.25 bits per heavy atom. The van der Waals surface area contributed by atoms with Crippen LogP contribution in [0, 0.1) is 0 Å². The summed E-state index contributed by atoms with van der Waals surface area (Å²) in [5, 5.41) is 18.7. The quantitative estimate of drug-likeness (QED) is 0.810. The molecule has 0 aromatic heterocycles. The minimum absolute atomic E-state index is 0.208. The Bertz CT molecular complexity index is 445. The van der Waals surface area contributed by atoms with Gasteiger partial charge in [-0.1, -0.05) is 60.7 Å². The van der Waals surface area contributed by atoms with E-state index in [4.69, 9.17) is 5.11 Å². The van der Waals surface area contributed by atoms with Gasteiger partial charge in [0.2, 0.25) is 0 Å². The molecule has 3 nitrogen and oxygen atoms in total. The minimum atomic E-state index is -0.706. The highest BCUT2D eigenvalue weighted by Crippen LogP contribution is 2.10. The highest BCUT2D eigenvalue weighted by molar-refractivity contribution is 5.17. The van der Waals surface area contributed by atoms with Crippen molar-refractivity contribution in [2.45, 2.75) is 19.2 Å². The van der Waals surface area contributed by atoms with Crippen molar-refractivity contribution in [2.75, 3.05) is 13.2 Å². The second kappa shape index (κ2) is 7.80. The van der Waals surface area contributed by atoms with Crippen LogP contribution in [0.25, 0.3) is 0 Å². The van der Waals surface area contributed by atoms with Crippen LogP contribution in [0.1, 0.15) is 11.1 Å². The molecule has 2 N–H and O–H groups in total. The molecule has 1 atom stereocenters. The predicted octanol–water partition coefficient (Wildman–Crippen LogP) is 2.04. The lowest BCUT2D eigenvalue weighted by Gasteiger charge is -2.24. The van der Waals surface area contributed by atoms with E-state index in [1.165, 1.54) is 11.1 Å². The van der Waals surface area contributed by atoms with Crippen LogP contribution in [0.15, 0.2) is 60.7 Å². The van der Waals surface area contributed by atoms with E-state index in [1.54, 1.807) is 0 Å². The molecular formula is C17H21NO2. The lowest BCUT2D eigenvalue weighted by atomic mass is 10.1. The second-order valence-corrected chi connectivity index (χ2v) is 4.98. The molecule has 20 heavy (non-hydrogen) atoms. The van der Waals surface area contributed by atoms with Crippen molar-refractivity contribution < 1.29 is 10.2 Å². The largest absolute Gasteiger partial charge is 0.394 e. The zero-order valence-corrected chi connectivity index (χ0v) is 11.5. The SMILES string of the molecule is OC[C@H](O)CN(Cc1ccccc1)Cc1ccccc1. The molecule has 2 aromatic carbocycles. The Kier molecular flexibility index (Phi) is 5.74. The van der Waals surface area contributed by atoms with Gasteiger partial charge in [-0.3, -0.25) is 4.90 Å². The molecule has 2 aromatic rings. The molecule has 0 fully saturated rings. The van der Waals surface area contributed by atoms with E-state index in [9.17, 15) is 5.11 Å². The third-order valence-corrected chi connectivity index (χ3v) is 3.18. The van der Waals surface area contributed by atoms with Gasteiger partial charge >= 0.3 is 0 Å². The van der Waals surface area contributed by atoms with Crippen LogP contribution < -0.4 is 0 Å². The number of benzene rings is 2. The maximum absolute atomic E-state index is 9.69. The van der Waals surface area contributed by atoms with Gasteiger partial charge in [-0.2, -0.15) is 0 Å². The Morgan fingerprint density at radius 1 is 0.800 bits per heavy atom. The van der Waals surface area contributed by atoms with E-state index in [2.05, 4.69) is 29.2 Å². The fourth-order valence-corrected chi connectivity index (χ4v) is 2.22.